The van der Waals surface area contributed by atoms with Crippen molar-refractivity contribution in [3.63, 3.8) is 0 Å². The summed E-state index contributed by atoms with van der Waals surface area (Å²) in [7, 11) is 3.36. The molecule has 0 unspecified atom stereocenters. The molecule has 0 fully saturated rings. The van der Waals surface area contributed by atoms with E-state index in [0.29, 0.717) is 5.56 Å². The average molecular weight is 353 g/mol. The van der Waals surface area contributed by atoms with Crippen LogP contribution in [-0.4, -0.2) is 29.8 Å². The lowest BCUT2D eigenvalue weighted by Crippen LogP contribution is -2.21. The predicted molar refractivity (Wildman–Crippen MR) is 88.0 cm³/mol. The van der Waals surface area contributed by atoms with Crippen molar-refractivity contribution in [2.45, 2.75) is 25.4 Å². The van der Waals surface area contributed by atoms with Crippen molar-refractivity contribution in [1.29, 1.82) is 0 Å². The molecule has 2 aromatic rings. The number of alkyl halides is 3. The fraction of sp³-hybridized carbons (Fsp3) is 0.353. The zero-order chi connectivity index (χ0) is 18.8. The number of rotatable bonds is 5. The minimum atomic E-state index is -4.39. The first-order valence-electron chi connectivity index (χ1n) is 7.57. The standard InChI is InChI=1S/C17H18F3N3O2/c1-10(11-4-6-12(7-5-11)17(18,19)20)8-14(24)13-9-15(25)22-16(21-13)23(2)3/h4-7,9-10H,8H2,1-3H3,(H,21,22,25)/t10-/m0/s1. The van der Waals surface area contributed by atoms with E-state index < -0.39 is 17.3 Å². The topological polar surface area (TPSA) is 66.1 Å². The van der Waals surface area contributed by atoms with Crippen LogP contribution >= 0.6 is 0 Å². The summed E-state index contributed by atoms with van der Waals surface area (Å²) in [6.45, 7) is 1.74. The summed E-state index contributed by atoms with van der Waals surface area (Å²) in [6.07, 6.45) is -4.36. The molecule has 2 rings (SSSR count). The molecule has 5 nitrogen and oxygen atoms in total. The fourth-order valence-electron chi connectivity index (χ4n) is 2.30. The lowest BCUT2D eigenvalue weighted by Gasteiger charge is -2.14. The van der Waals surface area contributed by atoms with Crippen molar-refractivity contribution in [2.24, 2.45) is 0 Å². The maximum Gasteiger partial charge on any atom is 0.416 e. The van der Waals surface area contributed by atoms with Crippen LogP contribution in [0.15, 0.2) is 35.1 Å². The molecule has 0 radical (unpaired) electrons. The number of carbonyl (C=O) groups is 1. The minimum Gasteiger partial charge on any atom is -0.348 e. The van der Waals surface area contributed by atoms with Crippen molar-refractivity contribution < 1.29 is 18.0 Å². The molecule has 1 aromatic carbocycles. The Morgan fingerprint density at radius 1 is 1.24 bits per heavy atom. The van der Waals surface area contributed by atoms with Gasteiger partial charge in [-0.2, -0.15) is 13.2 Å². The molecule has 0 aliphatic carbocycles. The summed E-state index contributed by atoms with van der Waals surface area (Å²) in [4.78, 5) is 32.2. The van der Waals surface area contributed by atoms with Crippen molar-refractivity contribution in [1.82, 2.24) is 9.97 Å². The van der Waals surface area contributed by atoms with Gasteiger partial charge in [0.25, 0.3) is 5.56 Å². The lowest BCUT2D eigenvalue weighted by molar-refractivity contribution is -0.137. The number of benzene rings is 1. The van der Waals surface area contributed by atoms with E-state index in [1.54, 1.807) is 25.9 Å². The van der Waals surface area contributed by atoms with Gasteiger partial charge in [-0.05, 0) is 23.6 Å². The molecule has 0 saturated carbocycles. The second-order valence-corrected chi connectivity index (χ2v) is 6.00. The Morgan fingerprint density at radius 2 is 1.84 bits per heavy atom. The molecule has 134 valence electrons. The molecule has 0 saturated heterocycles. The zero-order valence-electron chi connectivity index (χ0n) is 14.0. The maximum atomic E-state index is 12.6. The van der Waals surface area contributed by atoms with E-state index in [1.165, 1.54) is 12.1 Å². The van der Waals surface area contributed by atoms with Gasteiger partial charge in [0.2, 0.25) is 5.95 Å². The SMILES string of the molecule is C[C@@H](CC(=O)c1cc(=O)[nH]c(N(C)C)n1)c1ccc(C(F)(F)F)cc1. The van der Waals surface area contributed by atoms with E-state index >= 15 is 0 Å². The first-order valence-corrected chi connectivity index (χ1v) is 7.57. The Hall–Kier alpha value is -2.64. The van der Waals surface area contributed by atoms with Gasteiger partial charge in [0.15, 0.2) is 5.78 Å². The van der Waals surface area contributed by atoms with E-state index in [1.807, 2.05) is 0 Å². The molecule has 8 heteroatoms. The zero-order valence-corrected chi connectivity index (χ0v) is 14.0. The second kappa shape index (κ2) is 7.08. The summed E-state index contributed by atoms with van der Waals surface area (Å²) in [6, 6.07) is 5.82. The van der Waals surface area contributed by atoms with Crippen LogP contribution in [0.5, 0.6) is 0 Å². The van der Waals surface area contributed by atoms with Gasteiger partial charge in [-0.3, -0.25) is 14.6 Å². The summed E-state index contributed by atoms with van der Waals surface area (Å²) in [5.41, 5.74) is -0.531. The Bertz CT molecular complexity index is 811. The highest BCUT2D eigenvalue weighted by Gasteiger charge is 2.30. The lowest BCUT2D eigenvalue weighted by atomic mass is 9.94. The second-order valence-electron chi connectivity index (χ2n) is 6.00. The van der Waals surface area contributed by atoms with Crippen LogP contribution in [0.4, 0.5) is 19.1 Å². The number of hydrogen-bond acceptors (Lipinski definition) is 4. The molecule has 0 aliphatic heterocycles. The number of Topliss-reactive ketones (excluding diaryl/α,β-unsaturated/α-hetero) is 1. The number of nitrogens with zero attached hydrogens (tertiary/aromatic N) is 2. The number of H-pyrrole nitrogens is 1. The van der Waals surface area contributed by atoms with Crippen molar-refractivity contribution >= 4 is 11.7 Å². The number of aromatic nitrogens is 2. The molecule has 1 atom stereocenters. The normalized spacial score (nSPS) is 12.7. The fourth-order valence-corrected chi connectivity index (χ4v) is 2.30. The molecule has 0 spiro atoms. The number of anilines is 1. The molecular weight excluding hydrogens is 335 g/mol. The Kier molecular flexibility index (Phi) is 5.30. The van der Waals surface area contributed by atoms with Gasteiger partial charge in [-0.25, -0.2) is 4.98 Å². The van der Waals surface area contributed by atoms with Crippen molar-refractivity contribution in [3.8, 4) is 0 Å². The Morgan fingerprint density at radius 3 is 2.36 bits per heavy atom. The van der Waals surface area contributed by atoms with Gasteiger partial charge >= 0.3 is 6.18 Å². The highest BCUT2D eigenvalue weighted by atomic mass is 19.4. The van der Waals surface area contributed by atoms with E-state index in [2.05, 4.69) is 9.97 Å². The first kappa shape index (κ1) is 18.7. The smallest absolute Gasteiger partial charge is 0.348 e. The van der Waals surface area contributed by atoms with E-state index in [9.17, 15) is 22.8 Å². The summed E-state index contributed by atoms with van der Waals surface area (Å²) in [5.74, 6) is -0.390. The monoisotopic (exact) mass is 353 g/mol. The number of aromatic amines is 1. The van der Waals surface area contributed by atoms with Crippen LogP contribution in [0.3, 0.4) is 0 Å². The molecule has 1 aromatic heterocycles. The van der Waals surface area contributed by atoms with Crippen molar-refractivity contribution in [3.05, 3.63) is 57.5 Å². The predicted octanol–water partition coefficient (Wildman–Crippen LogP) is 3.23. The molecule has 1 N–H and O–H groups in total. The van der Waals surface area contributed by atoms with E-state index in [4.69, 9.17) is 0 Å². The van der Waals surface area contributed by atoms with E-state index in [-0.39, 0.29) is 29.8 Å². The van der Waals surface area contributed by atoms with Gasteiger partial charge < -0.3 is 4.90 Å². The van der Waals surface area contributed by atoms with Crippen LogP contribution in [-0.2, 0) is 6.18 Å². The van der Waals surface area contributed by atoms with Crippen LogP contribution in [0.2, 0.25) is 0 Å². The quantitative estimate of drug-likeness (QED) is 0.838. The summed E-state index contributed by atoms with van der Waals surface area (Å²) in [5, 5.41) is 0. The minimum absolute atomic E-state index is 0.0335. The molecule has 0 amide bonds. The van der Waals surface area contributed by atoms with Gasteiger partial charge in [0.05, 0.1) is 5.56 Å². The Labute approximate surface area is 142 Å². The summed E-state index contributed by atoms with van der Waals surface area (Å²) >= 11 is 0. The number of hydrogen-bond donors (Lipinski definition) is 1. The van der Waals surface area contributed by atoms with Gasteiger partial charge in [0, 0.05) is 26.6 Å². The number of halogens is 3. The maximum absolute atomic E-state index is 12.6. The molecule has 1 heterocycles. The van der Waals surface area contributed by atoms with E-state index in [0.717, 1.165) is 18.2 Å². The molecular formula is C17H18F3N3O2. The van der Waals surface area contributed by atoms with Crippen LogP contribution in [0.1, 0.15) is 40.9 Å². The largest absolute Gasteiger partial charge is 0.416 e. The van der Waals surface area contributed by atoms with Gasteiger partial charge in [-0.15, -0.1) is 0 Å². The third-order valence-electron chi connectivity index (χ3n) is 3.74. The van der Waals surface area contributed by atoms with Crippen LogP contribution in [0, 0.1) is 0 Å². The van der Waals surface area contributed by atoms with Crippen molar-refractivity contribution in [2.75, 3.05) is 19.0 Å². The highest BCUT2D eigenvalue weighted by Crippen LogP contribution is 2.30. The number of nitrogens with one attached hydrogen (secondary N) is 1. The van der Waals surface area contributed by atoms with Gasteiger partial charge in [-0.1, -0.05) is 19.1 Å². The third-order valence-corrected chi connectivity index (χ3v) is 3.74. The molecule has 0 bridgehead atoms. The summed E-state index contributed by atoms with van der Waals surface area (Å²) < 4.78 is 37.8. The van der Waals surface area contributed by atoms with Crippen LogP contribution < -0.4 is 10.5 Å². The van der Waals surface area contributed by atoms with Crippen LogP contribution in [0.25, 0.3) is 0 Å². The average Bonchev–Trinajstić information content (AvgIpc) is 2.53. The molecule has 0 aliphatic rings. The number of carbonyl (C=O) groups excluding carboxylic acids is 1. The van der Waals surface area contributed by atoms with Gasteiger partial charge in [0.1, 0.15) is 5.69 Å². The third kappa shape index (κ3) is 4.68. The number of ketones is 1. The highest BCUT2D eigenvalue weighted by molar-refractivity contribution is 5.94. The Balaban J connectivity index is 2.16. The molecule has 25 heavy (non-hydrogen) atoms. The first-order chi connectivity index (χ1) is 11.6.